The number of esters is 1. The van der Waals surface area contributed by atoms with Gasteiger partial charge < -0.3 is 19.9 Å². The monoisotopic (exact) mass is 516 g/mol. The van der Waals surface area contributed by atoms with Gasteiger partial charge in [0, 0.05) is 13.0 Å². The summed E-state index contributed by atoms with van der Waals surface area (Å²) < 4.78 is 10.7. The van der Waals surface area contributed by atoms with Crippen LogP contribution >= 0.6 is 11.8 Å². The summed E-state index contributed by atoms with van der Waals surface area (Å²) in [6.45, 7) is 4.19. The summed E-state index contributed by atoms with van der Waals surface area (Å²) in [4.78, 5) is 40.7. The molecular formula is C27H36N2O6S. The van der Waals surface area contributed by atoms with Crippen molar-refractivity contribution in [1.82, 2.24) is 10.2 Å². The van der Waals surface area contributed by atoms with Gasteiger partial charge in [-0.05, 0) is 55.0 Å². The van der Waals surface area contributed by atoms with E-state index < -0.39 is 30.1 Å². The Kier molecular flexibility index (Phi) is 12.7. The Morgan fingerprint density at radius 3 is 2.31 bits per heavy atom. The first-order valence-corrected chi connectivity index (χ1v) is 13.5. The molecule has 0 spiro atoms. The number of nitrogens with zero attached hydrogens (tertiary/aromatic N) is 1. The van der Waals surface area contributed by atoms with Gasteiger partial charge in [0.25, 0.3) is 0 Å². The zero-order valence-corrected chi connectivity index (χ0v) is 22.0. The first kappa shape index (κ1) is 29.0. The van der Waals surface area contributed by atoms with Crippen LogP contribution in [0, 0.1) is 0 Å². The van der Waals surface area contributed by atoms with Crippen LogP contribution in [0.3, 0.4) is 0 Å². The Bertz CT molecular complexity index is 954. The van der Waals surface area contributed by atoms with Crippen LogP contribution in [0.4, 0.5) is 4.79 Å². The van der Waals surface area contributed by atoms with Crippen molar-refractivity contribution >= 4 is 29.7 Å². The van der Waals surface area contributed by atoms with Gasteiger partial charge >= 0.3 is 12.1 Å². The fraction of sp³-hybridized carbons (Fsp3) is 0.444. The van der Waals surface area contributed by atoms with Crippen LogP contribution in [0.5, 0.6) is 5.75 Å². The van der Waals surface area contributed by atoms with Crippen LogP contribution in [0.15, 0.2) is 54.6 Å². The molecule has 0 unspecified atom stereocenters. The Morgan fingerprint density at radius 1 is 1.00 bits per heavy atom. The molecule has 0 aliphatic heterocycles. The molecule has 36 heavy (non-hydrogen) atoms. The Balaban J connectivity index is 2.29. The van der Waals surface area contributed by atoms with Crippen molar-refractivity contribution in [2.24, 2.45) is 0 Å². The Labute approximate surface area is 217 Å². The minimum atomic E-state index is -0.927. The predicted molar refractivity (Wildman–Crippen MR) is 141 cm³/mol. The molecule has 0 aliphatic rings. The summed E-state index contributed by atoms with van der Waals surface area (Å²) in [5, 5.41) is 12.5. The van der Waals surface area contributed by atoms with E-state index in [0.29, 0.717) is 25.1 Å². The van der Waals surface area contributed by atoms with E-state index in [-0.39, 0.29) is 25.4 Å². The van der Waals surface area contributed by atoms with Crippen molar-refractivity contribution in [2.45, 2.75) is 51.8 Å². The molecule has 2 N–H and O–H groups in total. The number of phenolic OH excluding ortho intramolecular Hbond substituents is 1. The molecule has 2 rings (SSSR count). The van der Waals surface area contributed by atoms with Crippen LogP contribution < -0.4 is 5.32 Å². The quantitative estimate of drug-likeness (QED) is 0.363. The third-order valence-electron chi connectivity index (χ3n) is 5.45. The van der Waals surface area contributed by atoms with Gasteiger partial charge in [0.05, 0.1) is 6.61 Å². The molecule has 0 aliphatic carbocycles. The smallest absolute Gasteiger partial charge is 0.410 e. The summed E-state index contributed by atoms with van der Waals surface area (Å²) in [6, 6.07) is 14.0. The number of amides is 2. The number of rotatable bonds is 14. The average Bonchev–Trinajstić information content (AvgIpc) is 2.88. The number of nitrogens with one attached hydrogen (secondary N) is 1. The zero-order valence-electron chi connectivity index (χ0n) is 21.1. The van der Waals surface area contributed by atoms with Crippen LogP contribution in [0.25, 0.3) is 0 Å². The number of benzene rings is 2. The van der Waals surface area contributed by atoms with Gasteiger partial charge in [0.1, 0.15) is 24.4 Å². The molecule has 0 heterocycles. The van der Waals surface area contributed by atoms with Crippen molar-refractivity contribution in [3.05, 3.63) is 65.7 Å². The van der Waals surface area contributed by atoms with Gasteiger partial charge in [0.2, 0.25) is 5.91 Å². The highest BCUT2D eigenvalue weighted by atomic mass is 32.2. The minimum Gasteiger partial charge on any atom is -0.508 e. The highest BCUT2D eigenvalue weighted by Gasteiger charge is 2.33. The van der Waals surface area contributed by atoms with Gasteiger partial charge in [-0.15, -0.1) is 0 Å². The number of carbonyl (C=O) groups excluding carboxylic acids is 3. The van der Waals surface area contributed by atoms with E-state index in [1.807, 2.05) is 43.5 Å². The van der Waals surface area contributed by atoms with Crippen molar-refractivity contribution in [1.29, 1.82) is 0 Å². The van der Waals surface area contributed by atoms with Crippen LogP contribution in [0.2, 0.25) is 0 Å². The van der Waals surface area contributed by atoms with Crippen molar-refractivity contribution in [2.75, 3.05) is 25.2 Å². The number of ether oxygens (including phenoxy) is 2. The highest BCUT2D eigenvalue weighted by Crippen LogP contribution is 2.17. The molecular weight excluding hydrogens is 480 g/mol. The highest BCUT2D eigenvalue weighted by molar-refractivity contribution is 7.98. The van der Waals surface area contributed by atoms with E-state index in [1.165, 1.54) is 17.0 Å². The molecule has 8 nitrogen and oxygen atoms in total. The lowest BCUT2D eigenvalue weighted by molar-refractivity contribution is -0.148. The standard InChI is InChI=1S/C27H36N2O6S/c1-4-16-29(27(33)35-19-21-9-7-6-8-10-21)24(18-20-11-13-22(30)14-12-20)25(31)28-23(15-17-36-3)26(32)34-5-2/h6-14,23-24,30H,4-5,15-19H2,1-3H3,(H,28,31)/t23-,24+/m1/s1. The second kappa shape index (κ2) is 15.7. The fourth-order valence-corrected chi connectivity index (χ4v) is 4.08. The largest absolute Gasteiger partial charge is 0.508 e. The van der Waals surface area contributed by atoms with Gasteiger partial charge in [-0.1, -0.05) is 49.4 Å². The molecule has 0 saturated carbocycles. The topological polar surface area (TPSA) is 105 Å². The molecule has 9 heteroatoms. The SMILES string of the molecule is CCCN(C(=O)OCc1ccccc1)[C@@H](Cc1ccc(O)cc1)C(=O)N[C@H](CCSC)C(=O)OCC. The third kappa shape index (κ3) is 9.45. The minimum absolute atomic E-state index is 0.0760. The second-order valence-corrected chi connectivity index (χ2v) is 9.20. The molecule has 2 atom stereocenters. The third-order valence-corrected chi connectivity index (χ3v) is 6.09. The van der Waals surface area contributed by atoms with Gasteiger partial charge in [-0.25, -0.2) is 9.59 Å². The van der Waals surface area contributed by atoms with E-state index in [9.17, 15) is 19.5 Å². The van der Waals surface area contributed by atoms with Gasteiger partial charge in [0.15, 0.2) is 0 Å². The molecule has 0 aromatic heterocycles. The van der Waals surface area contributed by atoms with Crippen molar-refractivity contribution < 1.29 is 29.0 Å². The number of aromatic hydroxyl groups is 1. The summed E-state index contributed by atoms with van der Waals surface area (Å²) in [5.74, 6) is -0.208. The van der Waals surface area contributed by atoms with Gasteiger partial charge in [-0.3, -0.25) is 9.69 Å². The lowest BCUT2D eigenvalue weighted by atomic mass is 10.0. The van der Waals surface area contributed by atoms with E-state index in [2.05, 4.69) is 5.32 Å². The molecule has 0 saturated heterocycles. The maximum Gasteiger partial charge on any atom is 0.410 e. The summed E-state index contributed by atoms with van der Waals surface area (Å²) in [7, 11) is 0. The lowest BCUT2D eigenvalue weighted by Gasteiger charge is -2.31. The number of carbonyl (C=O) groups is 3. The van der Waals surface area contributed by atoms with Gasteiger partial charge in [-0.2, -0.15) is 11.8 Å². The van der Waals surface area contributed by atoms with E-state index in [4.69, 9.17) is 9.47 Å². The molecule has 2 amide bonds. The van der Waals surface area contributed by atoms with Crippen LogP contribution in [0.1, 0.15) is 37.8 Å². The maximum atomic E-state index is 13.6. The lowest BCUT2D eigenvalue weighted by Crippen LogP contribution is -2.54. The molecule has 0 bridgehead atoms. The van der Waals surface area contributed by atoms with E-state index in [1.54, 1.807) is 30.8 Å². The Morgan fingerprint density at radius 2 is 1.69 bits per heavy atom. The van der Waals surface area contributed by atoms with Crippen LogP contribution in [-0.2, 0) is 32.1 Å². The number of phenols is 1. The van der Waals surface area contributed by atoms with Crippen molar-refractivity contribution in [3.63, 3.8) is 0 Å². The van der Waals surface area contributed by atoms with E-state index in [0.717, 1.165) is 11.1 Å². The summed E-state index contributed by atoms with van der Waals surface area (Å²) >= 11 is 1.56. The zero-order chi connectivity index (χ0) is 26.3. The molecule has 2 aromatic carbocycles. The first-order valence-electron chi connectivity index (χ1n) is 12.1. The number of hydrogen-bond donors (Lipinski definition) is 2. The molecule has 196 valence electrons. The number of thioether (sulfide) groups is 1. The normalized spacial score (nSPS) is 12.3. The number of hydrogen-bond acceptors (Lipinski definition) is 7. The second-order valence-electron chi connectivity index (χ2n) is 8.21. The van der Waals surface area contributed by atoms with E-state index >= 15 is 0 Å². The Hall–Kier alpha value is -3.20. The van der Waals surface area contributed by atoms with Crippen molar-refractivity contribution in [3.8, 4) is 5.75 Å². The fourth-order valence-electron chi connectivity index (χ4n) is 3.61. The average molecular weight is 517 g/mol. The summed E-state index contributed by atoms with van der Waals surface area (Å²) in [5.41, 5.74) is 1.59. The maximum absolute atomic E-state index is 13.6. The molecule has 0 fully saturated rings. The predicted octanol–water partition coefficient (Wildman–Crippen LogP) is 4.15. The summed E-state index contributed by atoms with van der Waals surface area (Å²) in [6.07, 6.45) is 2.50. The molecule has 0 radical (unpaired) electrons. The van der Waals surface area contributed by atoms with Crippen LogP contribution in [-0.4, -0.2) is 65.2 Å². The molecule has 2 aromatic rings. The first-order chi connectivity index (χ1) is 17.4.